The Bertz CT molecular complexity index is 37.4. The van der Waals surface area contributed by atoms with Crippen LogP contribution in [0.4, 0.5) is 0 Å². The minimum atomic E-state index is 0.324. The van der Waals surface area contributed by atoms with Crippen molar-refractivity contribution in [3.8, 4) is 0 Å². The van der Waals surface area contributed by atoms with Crippen LogP contribution in [-0.2, 0) is 4.74 Å². The van der Waals surface area contributed by atoms with Crippen LogP contribution in [0.1, 0.15) is 6.92 Å². The van der Waals surface area contributed by atoms with Gasteiger partial charge in [-0.25, -0.2) is 0 Å². The van der Waals surface area contributed by atoms with E-state index in [9.17, 15) is 0 Å². The molecule has 0 aromatic rings. The molecule has 3 heteroatoms. The molecule has 50 valence electrons. The molecule has 0 fully saturated rings. The molecule has 0 saturated heterocycles. The summed E-state index contributed by atoms with van der Waals surface area (Å²) >= 11 is 7.11. The molecule has 0 saturated carbocycles. The fourth-order valence-corrected chi connectivity index (χ4v) is 0.950. The van der Waals surface area contributed by atoms with E-state index in [1.807, 2.05) is 11.8 Å². The maximum absolute atomic E-state index is 5.25. The third-order valence-electron chi connectivity index (χ3n) is 0.653. The lowest BCUT2D eigenvalue weighted by Gasteiger charge is -1.95. The molecule has 0 aromatic heterocycles. The van der Waals surface area contributed by atoms with Gasteiger partial charge in [-0.2, -0.15) is 11.8 Å². The van der Waals surface area contributed by atoms with Gasteiger partial charge in [0.25, 0.3) is 0 Å². The van der Waals surface area contributed by atoms with Gasteiger partial charge in [0.15, 0.2) is 0 Å². The fraction of sp³-hybridized carbons (Fsp3) is 1.00. The lowest BCUT2D eigenvalue weighted by atomic mass is 10.9. The minimum absolute atomic E-state index is 0.324. The van der Waals surface area contributed by atoms with Crippen molar-refractivity contribution < 1.29 is 4.74 Å². The predicted octanol–water partition coefficient (Wildman–Crippen LogP) is 1.95. The molecule has 0 aliphatic rings. The Labute approximate surface area is 59.7 Å². The van der Waals surface area contributed by atoms with Crippen LogP contribution in [-0.4, -0.2) is 24.2 Å². The highest BCUT2D eigenvalue weighted by Gasteiger charge is 1.83. The highest BCUT2D eigenvalue weighted by Crippen LogP contribution is 1.96. The second-order valence-electron chi connectivity index (χ2n) is 1.21. The predicted molar refractivity (Wildman–Crippen MR) is 39.7 cm³/mol. The van der Waals surface area contributed by atoms with Crippen LogP contribution in [0.3, 0.4) is 0 Å². The molecule has 0 aliphatic heterocycles. The molecule has 0 heterocycles. The molecule has 0 unspecified atom stereocenters. The minimum Gasteiger partial charge on any atom is -0.365 e. The van der Waals surface area contributed by atoms with E-state index >= 15 is 0 Å². The van der Waals surface area contributed by atoms with E-state index in [4.69, 9.17) is 16.3 Å². The molecule has 0 N–H and O–H groups in total. The first kappa shape index (κ1) is 8.60. The van der Waals surface area contributed by atoms with Crippen LogP contribution in [0.25, 0.3) is 0 Å². The van der Waals surface area contributed by atoms with Gasteiger partial charge >= 0.3 is 0 Å². The topological polar surface area (TPSA) is 9.23 Å². The first-order chi connectivity index (χ1) is 3.91. The molecule has 0 radical (unpaired) electrons. The van der Waals surface area contributed by atoms with E-state index in [1.54, 1.807) is 0 Å². The Morgan fingerprint density at radius 3 is 2.88 bits per heavy atom. The van der Waals surface area contributed by atoms with Crippen LogP contribution >= 0.6 is 23.4 Å². The molecule has 0 aromatic carbocycles. The van der Waals surface area contributed by atoms with Crippen molar-refractivity contribution in [1.29, 1.82) is 0 Å². The molecule has 0 atom stereocenters. The molecule has 1 nitrogen and oxygen atoms in total. The van der Waals surface area contributed by atoms with E-state index in [0.717, 1.165) is 18.1 Å². The fourth-order valence-electron chi connectivity index (χ4n) is 0.317. The van der Waals surface area contributed by atoms with Crippen LogP contribution in [0.2, 0.25) is 0 Å². The van der Waals surface area contributed by atoms with Gasteiger partial charge < -0.3 is 4.74 Å². The molecular weight excluding hydrogens is 144 g/mol. The van der Waals surface area contributed by atoms with Gasteiger partial charge in [0.2, 0.25) is 0 Å². The molecule has 0 aliphatic carbocycles. The molecule has 0 spiro atoms. The number of thioether (sulfide) groups is 1. The number of halogens is 1. The van der Waals surface area contributed by atoms with Gasteiger partial charge in [0, 0.05) is 5.75 Å². The summed E-state index contributed by atoms with van der Waals surface area (Å²) < 4.78 is 4.88. The average Bonchev–Trinajstić information content (AvgIpc) is 1.81. The maximum atomic E-state index is 5.25. The maximum Gasteiger partial charge on any atom is 0.120 e. The third kappa shape index (κ3) is 6.60. The summed E-state index contributed by atoms with van der Waals surface area (Å²) in [5, 5.41) is 0. The smallest absolute Gasteiger partial charge is 0.120 e. The van der Waals surface area contributed by atoms with Crippen LogP contribution in [0, 0.1) is 0 Å². The zero-order chi connectivity index (χ0) is 6.24. The van der Waals surface area contributed by atoms with Crippen molar-refractivity contribution in [1.82, 2.24) is 0 Å². The van der Waals surface area contributed by atoms with Crippen LogP contribution in [0.5, 0.6) is 0 Å². The second-order valence-corrected chi connectivity index (χ2v) is 2.83. The summed E-state index contributed by atoms with van der Waals surface area (Å²) in [4.78, 5) is 0. The Hall–Kier alpha value is 0.600. The zero-order valence-electron chi connectivity index (χ0n) is 5.02. The van der Waals surface area contributed by atoms with E-state index in [1.165, 1.54) is 0 Å². The number of hydrogen-bond acceptors (Lipinski definition) is 2. The van der Waals surface area contributed by atoms with Gasteiger partial charge in [-0.15, -0.1) is 0 Å². The first-order valence-electron chi connectivity index (χ1n) is 2.63. The number of alkyl halides is 1. The van der Waals surface area contributed by atoms with Crippen LogP contribution in [0.15, 0.2) is 0 Å². The Kier molecular flexibility index (Phi) is 8.17. The summed E-state index contributed by atoms with van der Waals surface area (Å²) in [7, 11) is 0. The van der Waals surface area contributed by atoms with E-state index in [0.29, 0.717) is 6.07 Å². The standard InChI is InChI=1S/C5H11ClOS/c1-2-8-4-3-7-5-6/h2-5H2,1H3. The Morgan fingerprint density at radius 2 is 2.38 bits per heavy atom. The quantitative estimate of drug-likeness (QED) is 0.442. The van der Waals surface area contributed by atoms with Gasteiger partial charge in [-0.3, -0.25) is 0 Å². The number of rotatable bonds is 5. The molecule has 0 amide bonds. The van der Waals surface area contributed by atoms with Gasteiger partial charge in [0.1, 0.15) is 6.07 Å². The Balaban J connectivity index is 2.53. The lowest BCUT2D eigenvalue weighted by molar-refractivity contribution is 0.198. The summed E-state index contributed by atoms with van der Waals surface area (Å²) in [5.74, 6) is 2.22. The summed E-state index contributed by atoms with van der Waals surface area (Å²) in [6, 6.07) is 0.324. The van der Waals surface area contributed by atoms with Gasteiger partial charge in [-0.05, 0) is 5.75 Å². The molecular formula is C5H11ClOS. The molecule has 8 heavy (non-hydrogen) atoms. The van der Waals surface area contributed by atoms with E-state index in [-0.39, 0.29) is 0 Å². The SMILES string of the molecule is CCSCCOCCl. The van der Waals surface area contributed by atoms with Gasteiger partial charge in [-0.1, -0.05) is 18.5 Å². The molecule has 0 rings (SSSR count). The van der Waals surface area contributed by atoms with Crippen molar-refractivity contribution >= 4 is 23.4 Å². The summed E-state index contributed by atoms with van der Waals surface area (Å²) in [6.45, 7) is 2.91. The first-order valence-corrected chi connectivity index (χ1v) is 4.32. The average molecular weight is 155 g/mol. The lowest BCUT2D eigenvalue weighted by Crippen LogP contribution is -1.94. The van der Waals surface area contributed by atoms with Crippen molar-refractivity contribution in [2.45, 2.75) is 6.92 Å². The van der Waals surface area contributed by atoms with Crippen molar-refractivity contribution in [2.24, 2.45) is 0 Å². The number of ether oxygens (including phenoxy) is 1. The zero-order valence-corrected chi connectivity index (χ0v) is 6.60. The third-order valence-corrected chi connectivity index (χ3v) is 1.67. The van der Waals surface area contributed by atoms with Crippen LogP contribution < -0.4 is 0 Å². The largest absolute Gasteiger partial charge is 0.365 e. The normalized spacial score (nSPS) is 9.75. The van der Waals surface area contributed by atoms with Crippen molar-refractivity contribution in [3.63, 3.8) is 0 Å². The number of hydrogen-bond donors (Lipinski definition) is 0. The van der Waals surface area contributed by atoms with Gasteiger partial charge in [0.05, 0.1) is 6.61 Å². The van der Waals surface area contributed by atoms with Crippen molar-refractivity contribution in [2.75, 3.05) is 24.2 Å². The highest BCUT2D eigenvalue weighted by atomic mass is 35.5. The van der Waals surface area contributed by atoms with E-state index < -0.39 is 0 Å². The molecule has 0 bridgehead atoms. The monoisotopic (exact) mass is 154 g/mol. The van der Waals surface area contributed by atoms with Crippen molar-refractivity contribution in [3.05, 3.63) is 0 Å². The Morgan fingerprint density at radius 1 is 1.62 bits per heavy atom. The van der Waals surface area contributed by atoms with E-state index in [2.05, 4.69) is 6.92 Å². The second kappa shape index (κ2) is 7.60. The summed E-state index contributed by atoms with van der Waals surface area (Å²) in [5.41, 5.74) is 0. The summed E-state index contributed by atoms with van der Waals surface area (Å²) in [6.07, 6.45) is 0. The highest BCUT2D eigenvalue weighted by molar-refractivity contribution is 7.99.